The van der Waals surface area contributed by atoms with E-state index >= 15 is 0 Å². The van der Waals surface area contributed by atoms with Crippen molar-refractivity contribution in [3.05, 3.63) is 35.9 Å². The van der Waals surface area contributed by atoms with E-state index in [4.69, 9.17) is 0 Å². The molecule has 22 heavy (non-hydrogen) atoms. The molecule has 2 fully saturated rings. The van der Waals surface area contributed by atoms with Gasteiger partial charge in [0.15, 0.2) is 0 Å². The molecular weight excluding hydrogens is 270 g/mol. The molecule has 2 N–H and O–H groups in total. The molecule has 1 heterocycles. The summed E-state index contributed by atoms with van der Waals surface area (Å²) in [6, 6.07) is 11.2. The van der Waals surface area contributed by atoms with Gasteiger partial charge in [-0.1, -0.05) is 44.2 Å². The van der Waals surface area contributed by atoms with Crippen molar-refractivity contribution in [3.8, 4) is 0 Å². The summed E-state index contributed by atoms with van der Waals surface area (Å²) in [6.45, 7) is 7.91. The average molecular weight is 301 g/mol. The fraction of sp³-hybridized carbons (Fsp3) is 0.684. The number of rotatable bonds is 4. The van der Waals surface area contributed by atoms with Crippen LogP contribution in [0.4, 0.5) is 0 Å². The van der Waals surface area contributed by atoms with Crippen LogP contribution in [0.15, 0.2) is 30.3 Å². The van der Waals surface area contributed by atoms with Gasteiger partial charge in [0.25, 0.3) is 0 Å². The van der Waals surface area contributed by atoms with Crippen LogP contribution in [0, 0.1) is 5.92 Å². The first-order valence-electron chi connectivity index (χ1n) is 8.79. The molecule has 1 aromatic rings. The summed E-state index contributed by atoms with van der Waals surface area (Å²) in [4.78, 5) is 2.63. The van der Waals surface area contributed by atoms with E-state index in [1.807, 2.05) is 0 Å². The van der Waals surface area contributed by atoms with Crippen LogP contribution in [-0.2, 0) is 5.54 Å². The van der Waals surface area contributed by atoms with Gasteiger partial charge in [-0.2, -0.15) is 0 Å². The predicted molar refractivity (Wildman–Crippen MR) is 92.8 cm³/mol. The van der Waals surface area contributed by atoms with Crippen LogP contribution in [-0.4, -0.2) is 37.2 Å². The maximum Gasteiger partial charge on any atom is 0.0459 e. The molecule has 0 unspecified atom stereocenters. The molecule has 3 heteroatoms. The van der Waals surface area contributed by atoms with Crippen LogP contribution in [0.25, 0.3) is 0 Å². The third-order valence-corrected chi connectivity index (χ3v) is 5.77. The molecule has 1 saturated heterocycles. The zero-order valence-corrected chi connectivity index (χ0v) is 14.4. The highest BCUT2D eigenvalue weighted by Crippen LogP contribution is 2.45. The zero-order chi connectivity index (χ0) is 15.6. The Kier molecular flexibility index (Phi) is 4.58. The Morgan fingerprint density at radius 3 is 2.32 bits per heavy atom. The number of nitrogens with zero attached hydrogens (tertiary/aromatic N) is 1. The Labute approximate surface area is 135 Å². The maximum absolute atomic E-state index is 3.71. The molecule has 0 radical (unpaired) electrons. The summed E-state index contributed by atoms with van der Waals surface area (Å²) in [5.74, 6) is 0.702. The Morgan fingerprint density at radius 1 is 1.09 bits per heavy atom. The van der Waals surface area contributed by atoms with Crippen molar-refractivity contribution in [1.82, 2.24) is 15.5 Å². The van der Waals surface area contributed by atoms with E-state index in [1.165, 1.54) is 31.2 Å². The van der Waals surface area contributed by atoms with Gasteiger partial charge < -0.3 is 5.32 Å². The molecule has 3 nitrogen and oxygen atoms in total. The van der Waals surface area contributed by atoms with Gasteiger partial charge in [-0.3, -0.25) is 10.2 Å². The van der Waals surface area contributed by atoms with Crippen LogP contribution in [0.2, 0.25) is 0 Å². The summed E-state index contributed by atoms with van der Waals surface area (Å²) < 4.78 is 0. The lowest BCUT2D eigenvalue weighted by atomic mass is 9.68. The molecule has 0 atom stereocenters. The molecule has 2 aliphatic rings. The summed E-state index contributed by atoms with van der Waals surface area (Å²) in [5.41, 5.74) is 2.05. The second-order valence-corrected chi connectivity index (χ2v) is 7.73. The topological polar surface area (TPSA) is 27.3 Å². The highest BCUT2D eigenvalue weighted by molar-refractivity contribution is 5.26. The van der Waals surface area contributed by atoms with E-state index in [2.05, 4.69) is 66.8 Å². The Bertz CT molecular complexity index is 467. The van der Waals surface area contributed by atoms with E-state index in [0.29, 0.717) is 11.5 Å². The van der Waals surface area contributed by atoms with E-state index in [1.54, 1.807) is 0 Å². The molecule has 122 valence electrons. The molecular formula is C19H31N3. The average Bonchev–Trinajstić information content (AvgIpc) is 2.97. The largest absolute Gasteiger partial charge is 0.303 e. The predicted octanol–water partition coefficient (Wildman–Crippen LogP) is 2.93. The number of benzene rings is 1. The van der Waals surface area contributed by atoms with Gasteiger partial charge in [-0.25, -0.2) is 0 Å². The molecule has 1 aromatic carbocycles. The number of nitrogens with one attached hydrogen (secondary N) is 2. The first-order chi connectivity index (χ1) is 10.6. The zero-order valence-electron chi connectivity index (χ0n) is 14.4. The van der Waals surface area contributed by atoms with Crippen molar-refractivity contribution in [2.24, 2.45) is 5.92 Å². The van der Waals surface area contributed by atoms with E-state index < -0.39 is 0 Å². The number of hydrogen-bond acceptors (Lipinski definition) is 3. The third kappa shape index (κ3) is 2.94. The maximum atomic E-state index is 3.71. The molecule has 3 rings (SSSR count). The van der Waals surface area contributed by atoms with Gasteiger partial charge in [-0.15, -0.1) is 0 Å². The van der Waals surface area contributed by atoms with Gasteiger partial charge in [0.1, 0.15) is 0 Å². The van der Waals surface area contributed by atoms with Crippen LogP contribution >= 0.6 is 0 Å². The highest BCUT2D eigenvalue weighted by atomic mass is 15.2. The summed E-state index contributed by atoms with van der Waals surface area (Å²) in [7, 11) is 2.32. The van der Waals surface area contributed by atoms with Gasteiger partial charge in [0, 0.05) is 30.8 Å². The molecule has 1 saturated carbocycles. The van der Waals surface area contributed by atoms with Crippen molar-refractivity contribution in [1.29, 1.82) is 0 Å². The van der Waals surface area contributed by atoms with Crippen molar-refractivity contribution < 1.29 is 0 Å². The standard InChI is InChI=1S/C19H31N3/c1-16(2)13-22(3)19(17-7-5-4-6-8-17)11-9-18(10-12-19)14-20-15-21-18/h4-8,16,20-21H,9-15H2,1-3H3. The van der Waals surface area contributed by atoms with Crippen molar-refractivity contribution in [2.75, 3.05) is 26.8 Å². The van der Waals surface area contributed by atoms with E-state index in [-0.39, 0.29) is 5.54 Å². The second kappa shape index (κ2) is 6.31. The molecule has 1 aliphatic carbocycles. The summed E-state index contributed by atoms with van der Waals surface area (Å²) in [5, 5.41) is 7.20. The summed E-state index contributed by atoms with van der Waals surface area (Å²) in [6.07, 6.45) is 5.01. The highest BCUT2D eigenvalue weighted by Gasteiger charge is 2.46. The lowest BCUT2D eigenvalue weighted by Crippen LogP contribution is -2.55. The normalized spacial score (nSPS) is 32.2. The van der Waals surface area contributed by atoms with Gasteiger partial charge in [-0.05, 0) is 44.2 Å². The van der Waals surface area contributed by atoms with Gasteiger partial charge >= 0.3 is 0 Å². The minimum Gasteiger partial charge on any atom is -0.303 e. The minimum absolute atomic E-state index is 0.209. The van der Waals surface area contributed by atoms with Crippen LogP contribution in [0.1, 0.15) is 45.1 Å². The molecule has 0 bridgehead atoms. The molecule has 0 amide bonds. The fourth-order valence-corrected chi connectivity index (χ4v) is 4.47. The summed E-state index contributed by atoms with van der Waals surface area (Å²) >= 11 is 0. The molecule has 0 aromatic heterocycles. The fourth-order valence-electron chi connectivity index (χ4n) is 4.47. The van der Waals surface area contributed by atoms with Crippen LogP contribution in [0.5, 0.6) is 0 Å². The number of hydrogen-bond donors (Lipinski definition) is 2. The Hall–Kier alpha value is -0.900. The van der Waals surface area contributed by atoms with Crippen molar-refractivity contribution in [2.45, 2.75) is 50.6 Å². The minimum atomic E-state index is 0.209. The first-order valence-corrected chi connectivity index (χ1v) is 8.79. The van der Waals surface area contributed by atoms with E-state index in [0.717, 1.165) is 19.8 Å². The van der Waals surface area contributed by atoms with Gasteiger partial charge in [0.2, 0.25) is 0 Å². The quantitative estimate of drug-likeness (QED) is 0.895. The van der Waals surface area contributed by atoms with Crippen LogP contribution < -0.4 is 10.6 Å². The monoisotopic (exact) mass is 301 g/mol. The third-order valence-electron chi connectivity index (χ3n) is 5.77. The SMILES string of the molecule is CC(C)CN(C)C1(c2ccccc2)CCC2(CC1)CNCN2. The Morgan fingerprint density at radius 2 is 1.77 bits per heavy atom. The van der Waals surface area contributed by atoms with Crippen molar-refractivity contribution >= 4 is 0 Å². The molecule has 1 spiro atoms. The van der Waals surface area contributed by atoms with Gasteiger partial charge in [0.05, 0.1) is 0 Å². The second-order valence-electron chi connectivity index (χ2n) is 7.73. The lowest BCUT2D eigenvalue weighted by molar-refractivity contribution is 0.0361. The first kappa shape index (κ1) is 16.0. The Balaban J connectivity index is 1.85. The van der Waals surface area contributed by atoms with E-state index in [9.17, 15) is 0 Å². The van der Waals surface area contributed by atoms with Crippen molar-refractivity contribution in [3.63, 3.8) is 0 Å². The molecule has 1 aliphatic heterocycles. The van der Waals surface area contributed by atoms with Crippen LogP contribution in [0.3, 0.4) is 0 Å². The smallest absolute Gasteiger partial charge is 0.0459 e. The lowest BCUT2D eigenvalue weighted by Gasteiger charge is -2.50.